The molecule has 0 aliphatic rings. The number of sulfonamides is 1. The number of anilines is 1. The molecular weight excluding hydrogens is 515 g/mol. The molecule has 9 nitrogen and oxygen atoms in total. The van der Waals surface area contributed by atoms with Crippen LogP contribution in [0.15, 0.2) is 77.1 Å². The van der Waals surface area contributed by atoms with Gasteiger partial charge in [0.25, 0.3) is 10.0 Å². The Morgan fingerprint density at radius 1 is 1.19 bits per heavy atom. The van der Waals surface area contributed by atoms with Crippen molar-refractivity contribution >= 4 is 38.4 Å². The summed E-state index contributed by atoms with van der Waals surface area (Å²) < 4.78 is 48.2. The van der Waals surface area contributed by atoms with Gasteiger partial charge in [0.2, 0.25) is 0 Å². The van der Waals surface area contributed by atoms with Crippen molar-refractivity contribution in [3.8, 4) is 28.8 Å². The lowest BCUT2D eigenvalue weighted by Crippen LogP contribution is -2.13. The Morgan fingerprint density at radius 3 is 2.65 bits per heavy atom. The van der Waals surface area contributed by atoms with E-state index in [1.165, 1.54) is 36.5 Å². The van der Waals surface area contributed by atoms with Gasteiger partial charge in [-0.1, -0.05) is 12.1 Å². The van der Waals surface area contributed by atoms with Crippen molar-refractivity contribution in [2.45, 2.75) is 4.90 Å². The van der Waals surface area contributed by atoms with E-state index in [-0.39, 0.29) is 38.3 Å². The minimum atomic E-state index is -3.98. The molecule has 3 N–H and O–H groups in total. The molecule has 0 aliphatic carbocycles. The highest BCUT2D eigenvalue weighted by Gasteiger charge is 2.20. The summed E-state index contributed by atoms with van der Waals surface area (Å²) in [6.07, 6.45) is 3.98. The number of ether oxygens (including phenoxy) is 1. The molecule has 2 aromatic heterocycles. The number of pyridine rings is 1. The quantitative estimate of drug-likeness (QED) is 0.256. The Kier molecular flexibility index (Phi) is 7.57. The predicted octanol–water partition coefficient (Wildman–Crippen LogP) is 5.02. The number of allylic oxidation sites excluding steroid dienone is 1. The first-order valence-corrected chi connectivity index (χ1v) is 13.0. The molecule has 186 valence electrons. The van der Waals surface area contributed by atoms with Crippen molar-refractivity contribution in [2.75, 3.05) is 11.8 Å². The number of nitrogens with one attached hydrogen (secondary N) is 3. The Bertz CT molecular complexity index is 1630. The maximum atomic E-state index is 14.4. The molecule has 12 heteroatoms. The van der Waals surface area contributed by atoms with Gasteiger partial charge in [0.1, 0.15) is 23.3 Å². The summed E-state index contributed by atoms with van der Waals surface area (Å²) in [5.74, 6) is -0.162. The Hall–Kier alpha value is -4.60. The molecular formula is C25H19FN6O3S2. The van der Waals surface area contributed by atoms with Gasteiger partial charge in [0.05, 0.1) is 21.8 Å². The Morgan fingerprint density at radius 2 is 1.97 bits per heavy atom. The molecule has 0 saturated heterocycles. The second kappa shape index (κ2) is 11.0. The van der Waals surface area contributed by atoms with E-state index >= 15 is 0 Å². The molecule has 0 unspecified atom stereocenters. The van der Waals surface area contributed by atoms with Crippen LogP contribution in [0, 0.1) is 22.6 Å². The van der Waals surface area contributed by atoms with Crippen LogP contribution in [0.4, 0.5) is 9.52 Å². The molecule has 0 spiro atoms. The van der Waals surface area contributed by atoms with Crippen molar-refractivity contribution in [2.24, 2.45) is 0 Å². The summed E-state index contributed by atoms with van der Waals surface area (Å²) in [4.78, 5) is 8.32. The molecule has 0 fully saturated rings. The standard InChI is InChI=1S/C25H19FN6O3S2/c1-29-21(10-11-27)24-23(9-7-20(31-24)18-4-2-3-5-19(18)26)35-22-8-6-17(14-16(22)15-28)37(33,34)32-25-30-12-13-36-25/h2-14,27,29H,1H3,(H,30,32)/b21-10-,27-11?. The highest BCUT2D eigenvalue weighted by atomic mass is 32.2. The van der Waals surface area contributed by atoms with Crippen molar-refractivity contribution in [3.05, 3.63) is 89.3 Å². The van der Waals surface area contributed by atoms with E-state index in [1.807, 2.05) is 6.07 Å². The lowest BCUT2D eigenvalue weighted by Gasteiger charge is -2.16. The molecule has 0 aliphatic heterocycles. The smallest absolute Gasteiger partial charge is 0.263 e. The minimum absolute atomic E-state index is 0.0341. The van der Waals surface area contributed by atoms with Crippen LogP contribution in [0.2, 0.25) is 0 Å². The minimum Gasteiger partial charge on any atom is -0.454 e. The van der Waals surface area contributed by atoms with Crippen LogP contribution < -0.4 is 14.8 Å². The van der Waals surface area contributed by atoms with Crippen LogP contribution >= 0.6 is 11.3 Å². The van der Waals surface area contributed by atoms with Gasteiger partial charge in [-0.2, -0.15) is 5.26 Å². The second-order valence-corrected chi connectivity index (χ2v) is 9.91. The topological polar surface area (TPSA) is 141 Å². The van der Waals surface area contributed by atoms with Gasteiger partial charge in [-0.05, 0) is 48.5 Å². The average molecular weight is 535 g/mol. The van der Waals surface area contributed by atoms with E-state index in [2.05, 4.69) is 20.0 Å². The SMILES string of the molecule is CN/C(=C\C=N)c1nc(-c2ccccc2F)ccc1Oc1ccc(S(=O)(=O)Nc2nccs2)cc1C#N. The highest BCUT2D eigenvalue weighted by molar-refractivity contribution is 7.93. The van der Waals surface area contributed by atoms with Crippen LogP contribution in [-0.2, 0) is 10.0 Å². The van der Waals surface area contributed by atoms with Crippen LogP contribution in [0.25, 0.3) is 17.0 Å². The average Bonchev–Trinajstić information content (AvgIpc) is 3.40. The summed E-state index contributed by atoms with van der Waals surface area (Å²) in [6, 6.07) is 15.1. The van der Waals surface area contributed by atoms with Crippen LogP contribution in [-0.4, -0.2) is 31.6 Å². The van der Waals surface area contributed by atoms with Crippen LogP contribution in [0.5, 0.6) is 11.5 Å². The molecule has 0 atom stereocenters. The normalized spacial score (nSPS) is 11.4. The third-order valence-electron chi connectivity index (χ3n) is 5.04. The summed E-state index contributed by atoms with van der Waals surface area (Å²) in [5.41, 5.74) is 1.25. The number of aromatic nitrogens is 2. The molecule has 37 heavy (non-hydrogen) atoms. The summed E-state index contributed by atoms with van der Waals surface area (Å²) in [6.45, 7) is 0. The summed E-state index contributed by atoms with van der Waals surface area (Å²) >= 11 is 1.12. The number of nitrogens with zero attached hydrogens (tertiary/aromatic N) is 3. The van der Waals surface area contributed by atoms with Gasteiger partial charge in [-0.15, -0.1) is 11.3 Å². The van der Waals surface area contributed by atoms with Gasteiger partial charge in [-0.3, -0.25) is 4.72 Å². The van der Waals surface area contributed by atoms with Crippen molar-refractivity contribution < 1.29 is 17.5 Å². The van der Waals surface area contributed by atoms with Crippen LogP contribution in [0.3, 0.4) is 0 Å². The fraction of sp³-hybridized carbons (Fsp3) is 0.0400. The first-order chi connectivity index (χ1) is 17.9. The number of nitriles is 1. The van der Waals surface area contributed by atoms with Crippen LogP contribution in [0.1, 0.15) is 11.3 Å². The number of rotatable bonds is 9. The highest BCUT2D eigenvalue weighted by Crippen LogP contribution is 2.34. The van der Waals surface area contributed by atoms with E-state index < -0.39 is 15.8 Å². The maximum absolute atomic E-state index is 14.4. The van der Waals surface area contributed by atoms with Gasteiger partial charge < -0.3 is 15.5 Å². The summed E-state index contributed by atoms with van der Waals surface area (Å²) in [5, 5.41) is 21.9. The zero-order chi connectivity index (χ0) is 26.4. The van der Waals surface area contributed by atoms with Gasteiger partial charge in [-0.25, -0.2) is 22.8 Å². The molecule has 0 amide bonds. The first-order valence-electron chi connectivity index (χ1n) is 10.7. The fourth-order valence-corrected chi connectivity index (χ4v) is 5.14. The van der Waals surface area contributed by atoms with E-state index in [0.29, 0.717) is 11.4 Å². The number of halogens is 1. The second-order valence-electron chi connectivity index (χ2n) is 7.33. The summed E-state index contributed by atoms with van der Waals surface area (Å²) in [7, 11) is -2.35. The monoisotopic (exact) mass is 534 g/mol. The molecule has 2 aromatic carbocycles. The predicted molar refractivity (Wildman–Crippen MR) is 140 cm³/mol. The molecule has 4 aromatic rings. The zero-order valence-corrected chi connectivity index (χ0v) is 20.9. The lowest BCUT2D eigenvalue weighted by molar-refractivity contribution is 0.476. The Labute approximate surface area is 216 Å². The van der Waals surface area contributed by atoms with Crippen molar-refractivity contribution in [1.29, 1.82) is 10.7 Å². The third kappa shape index (κ3) is 5.64. The number of hydrogen-bond donors (Lipinski definition) is 3. The van der Waals surface area contributed by atoms with E-state index in [4.69, 9.17) is 10.1 Å². The molecule has 2 heterocycles. The molecule has 0 bridgehead atoms. The van der Waals surface area contributed by atoms with E-state index in [0.717, 1.165) is 17.6 Å². The maximum Gasteiger partial charge on any atom is 0.263 e. The number of thiazole rings is 1. The number of benzene rings is 2. The first kappa shape index (κ1) is 25.5. The lowest BCUT2D eigenvalue weighted by atomic mass is 10.1. The molecule has 0 radical (unpaired) electrons. The van der Waals surface area contributed by atoms with Gasteiger partial charge in [0.15, 0.2) is 10.9 Å². The largest absolute Gasteiger partial charge is 0.454 e. The third-order valence-corrected chi connectivity index (χ3v) is 7.19. The number of hydrogen-bond acceptors (Lipinski definition) is 9. The van der Waals surface area contributed by atoms with Gasteiger partial charge >= 0.3 is 0 Å². The van der Waals surface area contributed by atoms with E-state index in [9.17, 15) is 18.1 Å². The van der Waals surface area contributed by atoms with Gasteiger partial charge in [0, 0.05) is 30.4 Å². The molecule has 4 rings (SSSR count). The zero-order valence-electron chi connectivity index (χ0n) is 19.3. The fourth-order valence-electron chi connectivity index (χ4n) is 3.32. The van der Waals surface area contributed by atoms with E-state index in [1.54, 1.807) is 42.8 Å². The van der Waals surface area contributed by atoms with Crippen molar-refractivity contribution in [1.82, 2.24) is 15.3 Å². The van der Waals surface area contributed by atoms with Crippen molar-refractivity contribution in [3.63, 3.8) is 0 Å². The Balaban J connectivity index is 1.74. The molecule has 0 saturated carbocycles.